The molecule has 0 bridgehead atoms. The largest absolute Gasteiger partial charge is 0.479 e. The van der Waals surface area contributed by atoms with Crippen LogP contribution in [0.3, 0.4) is 0 Å². The molecule has 2 aromatic rings. The van der Waals surface area contributed by atoms with Crippen LogP contribution < -0.4 is 15.4 Å². The molecular weight excluding hydrogens is 250 g/mol. The number of aromatic nitrogens is 1. The molecule has 3 rings (SSSR count). The number of pyridine rings is 1. The number of fused-ring (bicyclic) bond motifs is 1. The number of ether oxygens (including phenoxy) is 1. The predicted molar refractivity (Wildman–Crippen MR) is 81.7 cm³/mol. The summed E-state index contributed by atoms with van der Waals surface area (Å²) >= 11 is 0. The molecule has 1 aliphatic rings. The van der Waals surface area contributed by atoms with Crippen molar-refractivity contribution in [2.45, 2.75) is 19.8 Å². The molecule has 0 aliphatic carbocycles. The van der Waals surface area contributed by atoms with Crippen LogP contribution in [0.25, 0.3) is 0 Å². The van der Waals surface area contributed by atoms with Crippen LogP contribution in [-0.4, -0.2) is 18.6 Å². The average molecular weight is 269 g/mol. The molecule has 4 heteroatoms. The van der Waals surface area contributed by atoms with Crippen molar-refractivity contribution in [2.75, 3.05) is 24.3 Å². The fraction of sp³-hybridized carbons (Fsp3) is 0.312. The normalized spacial score (nSPS) is 14.0. The minimum atomic E-state index is 0.488. The van der Waals surface area contributed by atoms with Crippen LogP contribution in [-0.2, 0) is 6.42 Å². The first kappa shape index (κ1) is 12.8. The van der Waals surface area contributed by atoms with Gasteiger partial charge in [-0.25, -0.2) is 0 Å². The van der Waals surface area contributed by atoms with E-state index in [1.54, 1.807) is 7.11 Å². The van der Waals surface area contributed by atoms with Gasteiger partial charge in [0.2, 0.25) is 5.88 Å². The molecule has 1 aromatic heterocycles. The molecule has 1 aromatic carbocycles. The van der Waals surface area contributed by atoms with Crippen LogP contribution in [0.5, 0.6) is 5.88 Å². The van der Waals surface area contributed by atoms with Gasteiger partial charge in [-0.2, -0.15) is 4.98 Å². The number of rotatable bonds is 2. The minimum absolute atomic E-state index is 0.488. The summed E-state index contributed by atoms with van der Waals surface area (Å²) in [6, 6.07) is 10.4. The SMILES string of the molecule is COc1nc(N2CCCc3cc(C)ccc32)ccc1N. The molecule has 0 saturated heterocycles. The van der Waals surface area contributed by atoms with Gasteiger partial charge >= 0.3 is 0 Å². The maximum absolute atomic E-state index is 5.84. The Kier molecular flexibility index (Phi) is 3.22. The first-order valence-electron chi connectivity index (χ1n) is 6.86. The van der Waals surface area contributed by atoms with E-state index in [1.165, 1.54) is 16.8 Å². The number of hydrogen-bond acceptors (Lipinski definition) is 4. The summed E-state index contributed by atoms with van der Waals surface area (Å²) in [7, 11) is 1.59. The Bertz CT molecular complexity index is 640. The van der Waals surface area contributed by atoms with Gasteiger partial charge in [0.1, 0.15) is 5.82 Å². The van der Waals surface area contributed by atoms with Crippen molar-refractivity contribution >= 4 is 17.2 Å². The molecule has 0 amide bonds. The van der Waals surface area contributed by atoms with Crippen LogP contribution in [0.4, 0.5) is 17.2 Å². The van der Waals surface area contributed by atoms with Crippen LogP contribution in [0, 0.1) is 6.92 Å². The summed E-state index contributed by atoms with van der Waals surface area (Å²) in [6.07, 6.45) is 2.25. The Morgan fingerprint density at radius 3 is 2.90 bits per heavy atom. The summed E-state index contributed by atoms with van der Waals surface area (Å²) in [5.74, 6) is 1.38. The van der Waals surface area contributed by atoms with Gasteiger partial charge in [0.15, 0.2) is 0 Å². The molecular formula is C16H19N3O. The molecule has 4 nitrogen and oxygen atoms in total. The molecule has 1 aliphatic heterocycles. The van der Waals surface area contributed by atoms with Crippen molar-refractivity contribution in [3.8, 4) is 5.88 Å². The lowest BCUT2D eigenvalue weighted by Crippen LogP contribution is -2.25. The lowest BCUT2D eigenvalue weighted by atomic mass is 9.99. The van der Waals surface area contributed by atoms with Gasteiger partial charge in [-0.3, -0.25) is 0 Å². The Balaban J connectivity index is 2.04. The van der Waals surface area contributed by atoms with Crippen LogP contribution in [0.2, 0.25) is 0 Å². The molecule has 2 heterocycles. The zero-order valence-electron chi connectivity index (χ0n) is 11.9. The van der Waals surface area contributed by atoms with E-state index < -0.39 is 0 Å². The minimum Gasteiger partial charge on any atom is -0.479 e. The standard InChI is InChI=1S/C16H19N3O/c1-11-5-7-14-12(10-11)4-3-9-19(14)15-8-6-13(17)16(18-15)20-2/h5-8,10H,3-4,9,17H2,1-2H3. The van der Waals surface area contributed by atoms with Crippen molar-refractivity contribution in [2.24, 2.45) is 0 Å². The number of nitrogens with zero attached hydrogens (tertiary/aromatic N) is 2. The van der Waals surface area contributed by atoms with Gasteiger partial charge in [-0.1, -0.05) is 17.7 Å². The zero-order chi connectivity index (χ0) is 14.1. The quantitative estimate of drug-likeness (QED) is 0.910. The van der Waals surface area contributed by atoms with E-state index in [1.807, 2.05) is 12.1 Å². The van der Waals surface area contributed by atoms with Crippen molar-refractivity contribution in [1.82, 2.24) is 4.98 Å². The second kappa shape index (κ2) is 5.04. The number of hydrogen-bond donors (Lipinski definition) is 1. The van der Waals surface area contributed by atoms with E-state index in [-0.39, 0.29) is 0 Å². The molecule has 0 fully saturated rings. The van der Waals surface area contributed by atoms with Crippen molar-refractivity contribution in [3.05, 3.63) is 41.5 Å². The number of nitrogen functional groups attached to an aromatic ring is 1. The Morgan fingerprint density at radius 2 is 2.10 bits per heavy atom. The summed E-state index contributed by atoms with van der Waals surface area (Å²) in [6.45, 7) is 3.10. The predicted octanol–water partition coefficient (Wildman–Crippen LogP) is 3.07. The van der Waals surface area contributed by atoms with E-state index in [9.17, 15) is 0 Å². The molecule has 0 saturated carbocycles. The second-order valence-corrected chi connectivity index (χ2v) is 5.16. The number of methoxy groups -OCH3 is 1. The Hall–Kier alpha value is -2.23. The third-order valence-corrected chi connectivity index (χ3v) is 3.70. The van der Waals surface area contributed by atoms with Gasteiger partial charge in [0.25, 0.3) is 0 Å². The number of benzene rings is 1. The van der Waals surface area contributed by atoms with Gasteiger partial charge in [0.05, 0.1) is 12.8 Å². The Labute approximate surface area is 119 Å². The highest BCUT2D eigenvalue weighted by atomic mass is 16.5. The first-order chi connectivity index (χ1) is 9.69. The first-order valence-corrected chi connectivity index (χ1v) is 6.86. The number of nitrogens with two attached hydrogens (primary N) is 1. The van der Waals surface area contributed by atoms with E-state index in [0.717, 1.165) is 25.2 Å². The topological polar surface area (TPSA) is 51.4 Å². The van der Waals surface area contributed by atoms with Crippen LogP contribution in [0.15, 0.2) is 30.3 Å². The molecule has 104 valence electrons. The van der Waals surface area contributed by atoms with Crippen molar-refractivity contribution < 1.29 is 4.74 Å². The summed E-state index contributed by atoms with van der Waals surface area (Å²) in [5.41, 5.74) is 10.3. The van der Waals surface area contributed by atoms with E-state index in [2.05, 4.69) is 35.0 Å². The average Bonchev–Trinajstić information content (AvgIpc) is 2.47. The molecule has 0 unspecified atom stereocenters. The molecule has 0 spiro atoms. The highest BCUT2D eigenvalue weighted by Crippen LogP contribution is 2.34. The lowest BCUT2D eigenvalue weighted by Gasteiger charge is -2.31. The molecule has 2 N–H and O–H groups in total. The fourth-order valence-corrected chi connectivity index (χ4v) is 2.72. The summed E-state index contributed by atoms with van der Waals surface area (Å²) in [5, 5.41) is 0. The van der Waals surface area contributed by atoms with Crippen molar-refractivity contribution in [1.29, 1.82) is 0 Å². The maximum Gasteiger partial charge on any atom is 0.238 e. The third kappa shape index (κ3) is 2.18. The summed E-state index contributed by atoms with van der Waals surface area (Å²) in [4.78, 5) is 6.75. The van der Waals surface area contributed by atoms with Crippen LogP contribution >= 0.6 is 0 Å². The van der Waals surface area contributed by atoms with Crippen LogP contribution in [0.1, 0.15) is 17.5 Å². The van der Waals surface area contributed by atoms with E-state index in [4.69, 9.17) is 10.5 Å². The maximum atomic E-state index is 5.84. The summed E-state index contributed by atoms with van der Waals surface area (Å²) < 4.78 is 5.22. The molecule has 0 atom stereocenters. The second-order valence-electron chi connectivity index (χ2n) is 5.16. The monoisotopic (exact) mass is 269 g/mol. The fourth-order valence-electron chi connectivity index (χ4n) is 2.72. The molecule has 20 heavy (non-hydrogen) atoms. The third-order valence-electron chi connectivity index (χ3n) is 3.70. The number of aryl methyl sites for hydroxylation is 2. The number of anilines is 3. The molecule has 0 radical (unpaired) electrons. The smallest absolute Gasteiger partial charge is 0.238 e. The van der Waals surface area contributed by atoms with E-state index >= 15 is 0 Å². The van der Waals surface area contributed by atoms with Gasteiger partial charge in [-0.15, -0.1) is 0 Å². The highest BCUT2D eigenvalue weighted by Gasteiger charge is 2.20. The Morgan fingerprint density at radius 1 is 1.25 bits per heavy atom. The van der Waals surface area contributed by atoms with Gasteiger partial charge in [0, 0.05) is 12.2 Å². The van der Waals surface area contributed by atoms with E-state index in [0.29, 0.717) is 11.6 Å². The highest BCUT2D eigenvalue weighted by molar-refractivity contribution is 5.67. The lowest BCUT2D eigenvalue weighted by molar-refractivity contribution is 0.400. The van der Waals surface area contributed by atoms with Gasteiger partial charge in [-0.05, 0) is 43.5 Å². The zero-order valence-corrected chi connectivity index (χ0v) is 11.9. The van der Waals surface area contributed by atoms with Crippen molar-refractivity contribution in [3.63, 3.8) is 0 Å². The van der Waals surface area contributed by atoms with Gasteiger partial charge < -0.3 is 15.4 Å².